The first-order valence-electron chi connectivity index (χ1n) is 9.50. The lowest BCUT2D eigenvalue weighted by Gasteiger charge is -2.10. The van der Waals surface area contributed by atoms with E-state index in [4.69, 9.17) is 4.74 Å². The summed E-state index contributed by atoms with van der Waals surface area (Å²) in [6.07, 6.45) is -2.98. The van der Waals surface area contributed by atoms with Crippen LogP contribution in [0, 0.1) is 0 Å². The molecular weight excluding hydrogens is 487 g/mol. The summed E-state index contributed by atoms with van der Waals surface area (Å²) in [5.41, 5.74) is 3.51. The minimum atomic E-state index is -4.44. The van der Waals surface area contributed by atoms with Gasteiger partial charge in [-0.25, -0.2) is 5.43 Å². The second-order valence-corrected chi connectivity index (χ2v) is 7.63. The van der Waals surface area contributed by atoms with Crippen molar-refractivity contribution in [1.82, 2.24) is 5.43 Å². The summed E-state index contributed by atoms with van der Waals surface area (Å²) < 4.78 is 44.9. The van der Waals surface area contributed by atoms with Gasteiger partial charge in [-0.2, -0.15) is 18.3 Å². The Labute approximate surface area is 191 Å². The highest BCUT2D eigenvalue weighted by Gasteiger charge is 2.30. The molecule has 32 heavy (non-hydrogen) atoms. The van der Waals surface area contributed by atoms with E-state index in [9.17, 15) is 18.0 Å². The number of halogens is 4. The third-order valence-corrected chi connectivity index (χ3v) is 4.77. The van der Waals surface area contributed by atoms with E-state index >= 15 is 0 Å². The molecular formula is C23H19BrF3N3O2. The molecule has 0 aliphatic rings. The summed E-state index contributed by atoms with van der Waals surface area (Å²) in [5.74, 6) is 0.201. The fraction of sp³-hybridized carbons (Fsp3) is 0.130. The van der Waals surface area contributed by atoms with Crippen LogP contribution in [0.25, 0.3) is 0 Å². The molecule has 3 aromatic rings. The van der Waals surface area contributed by atoms with Crippen molar-refractivity contribution in [3.05, 3.63) is 94.0 Å². The smallest absolute Gasteiger partial charge is 0.416 e. The number of ether oxygens (including phenoxy) is 1. The van der Waals surface area contributed by atoms with E-state index in [-0.39, 0.29) is 12.2 Å². The molecule has 0 bridgehead atoms. The van der Waals surface area contributed by atoms with Gasteiger partial charge in [0.1, 0.15) is 12.4 Å². The number of rotatable bonds is 8. The van der Waals surface area contributed by atoms with Crippen molar-refractivity contribution in [3.8, 4) is 5.75 Å². The average Bonchev–Trinajstić information content (AvgIpc) is 2.78. The van der Waals surface area contributed by atoms with Crippen LogP contribution in [0.2, 0.25) is 0 Å². The van der Waals surface area contributed by atoms with Crippen LogP contribution in [0.3, 0.4) is 0 Å². The fourth-order valence-electron chi connectivity index (χ4n) is 2.60. The Bertz CT molecular complexity index is 1070. The van der Waals surface area contributed by atoms with Crippen molar-refractivity contribution in [1.29, 1.82) is 0 Å². The van der Waals surface area contributed by atoms with Crippen LogP contribution in [0.15, 0.2) is 82.4 Å². The van der Waals surface area contributed by atoms with Gasteiger partial charge in [-0.05, 0) is 65.7 Å². The van der Waals surface area contributed by atoms with Gasteiger partial charge in [-0.3, -0.25) is 4.79 Å². The number of anilines is 1. The molecule has 0 aliphatic heterocycles. The molecule has 0 fully saturated rings. The normalized spacial score (nSPS) is 11.4. The Balaban J connectivity index is 1.43. The first-order valence-corrected chi connectivity index (χ1v) is 10.3. The summed E-state index contributed by atoms with van der Waals surface area (Å²) >= 11 is 3.39. The Morgan fingerprint density at radius 3 is 2.44 bits per heavy atom. The Morgan fingerprint density at radius 2 is 1.75 bits per heavy atom. The van der Waals surface area contributed by atoms with Gasteiger partial charge in [0.05, 0.1) is 18.3 Å². The Morgan fingerprint density at radius 1 is 1.03 bits per heavy atom. The lowest BCUT2D eigenvalue weighted by atomic mass is 10.2. The highest BCUT2D eigenvalue weighted by Crippen LogP contribution is 2.30. The van der Waals surface area contributed by atoms with Gasteiger partial charge in [0.15, 0.2) is 0 Å². The molecule has 0 radical (unpaired) electrons. The number of carbonyl (C=O) groups is 1. The van der Waals surface area contributed by atoms with E-state index in [0.29, 0.717) is 12.4 Å². The molecule has 0 unspecified atom stereocenters. The number of carbonyl (C=O) groups excluding carboxylic acids is 1. The van der Waals surface area contributed by atoms with Crippen LogP contribution in [0.1, 0.15) is 16.7 Å². The highest BCUT2D eigenvalue weighted by atomic mass is 79.9. The number of hydrogen-bond acceptors (Lipinski definition) is 4. The van der Waals surface area contributed by atoms with Crippen molar-refractivity contribution in [2.24, 2.45) is 5.10 Å². The van der Waals surface area contributed by atoms with E-state index in [1.165, 1.54) is 18.3 Å². The summed E-state index contributed by atoms with van der Waals surface area (Å²) in [5, 5.41) is 6.49. The van der Waals surface area contributed by atoms with E-state index in [2.05, 4.69) is 31.8 Å². The molecule has 0 saturated carbocycles. The van der Waals surface area contributed by atoms with Crippen LogP contribution < -0.4 is 15.5 Å². The van der Waals surface area contributed by atoms with E-state index < -0.39 is 17.6 Å². The predicted molar refractivity (Wildman–Crippen MR) is 121 cm³/mol. The number of hydrazone groups is 1. The van der Waals surface area contributed by atoms with Crippen molar-refractivity contribution >= 4 is 33.7 Å². The molecule has 9 heteroatoms. The maximum absolute atomic E-state index is 12.7. The highest BCUT2D eigenvalue weighted by molar-refractivity contribution is 9.10. The van der Waals surface area contributed by atoms with Gasteiger partial charge in [-0.15, -0.1) is 0 Å². The lowest BCUT2D eigenvalue weighted by molar-refractivity contribution is -0.137. The largest absolute Gasteiger partial charge is 0.489 e. The maximum atomic E-state index is 12.7. The maximum Gasteiger partial charge on any atom is 0.416 e. The van der Waals surface area contributed by atoms with Crippen molar-refractivity contribution in [3.63, 3.8) is 0 Å². The zero-order valence-corrected chi connectivity index (χ0v) is 18.3. The number of benzene rings is 3. The molecule has 1 amide bonds. The predicted octanol–water partition coefficient (Wildman–Crippen LogP) is 5.61. The third-order valence-electron chi connectivity index (χ3n) is 4.24. The molecule has 0 spiro atoms. The molecule has 0 atom stereocenters. The van der Waals surface area contributed by atoms with Crippen LogP contribution in [-0.4, -0.2) is 18.7 Å². The van der Waals surface area contributed by atoms with E-state index in [1.54, 1.807) is 24.3 Å². The average molecular weight is 506 g/mol. The molecule has 3 rings (SSSR count). The van der Waals surface area contributed by atoms with Crippen LogP contribution >= 0.6 is 15.9 Å². The monoisotopic (exact) mass is 505 g/mol. The van der Waals surface area contributed by atoms with Gasteiger partial charge in [-0.1, -0.05) is 34.1 Å². The second-order valence-electron chi connectivity index (χ2n) is 6.71. The summed E-state index contributed by atoms with van der Waals surface area (Å²) in [7, 11) is 0. The molecule has 0 saturated heterocycles. The number of nitrogens with one attached hydrogen (secondary N) is 2. The lowest BCUT2D eigenvalue weighted by Crippen LogP contribution is -2.26. The number of hydrogen-bond donors (Lipinski definition) is 2. The quantitative estimate of drug-likeness (QED) is 0.309. The number of alkyl halides is 3. The molecule has 0 heterocycles. The van der Waals surface area contributed by atoms with Crippen LogP contribution in [0.5, 0.6) is 5.75 Å². The SMILES string of the molecule is O=C(CNc1cccc(C(F)(F)F)c1)N/N=C\c1ccc(OCc2ccc(Br)cc2)cc1. The first kappa shape index (κ1) is 23.3. The first-order chi connectivity index (χ1) is 15.3. The minimum absolute atomic E-state index is 0.192. The van der Waals surface area contributed by atoms with Gasteiger partial charge in [0.2, 0.25) is 0 Å². The third kappa shape index (κ3) is 7.42. The molecule has 5 nitrogen and oxygen atoms in total. The zero-order chi connectivity index (χ0) is 23.0. The summed E-state index contributed by atoms with van der Waals surface area (Å²) in [6, 6.07) is 19.6. The topological polar surface area (TPSA) is 62.7 Å². The molecule has 166 valence electrons. The second kappa shape index (κ2) is 10.8. The van der Waals surface area contributed by atoms with Crippen LogP contribution in [0.4, 0.5) is 18.9 Å². The number of amides is 1. The Hall–Kier alpha value is -3.33. The van der Waals surface area contributed by atoms with Gasteiger partial charge in [0, 0.05) is 10.2 Å². The van der Waals surface area contributed by atoms with E-state index in [1.807, 2.05) is 24.3 Å². The summed E-state index contributed by atoms with van der Waals surface area (Å²) in [6.45, 7) is 0.219. The van der Waals surface area contributed by atoms with Gasteiger partial charge >= 0.3 is 6.18 Å². The molecule has 0 aromatic heterocycles. The van der Waals surface area contributed by atoms with Crippen molar-refractivity contribution < 1.29 is 22.7 Å². The zero-order valence-electron chi connectivity index (χ0n) is 16.7. The standard InChI is InChI=1S/C23H19BrF3N3O2/c24-19-8-4-17(5-9-19)15-32-21-10-6-16(7-11-21)13-29-30-22(31)14-28-20-3-1-2-18(12-20)23(25,26)27/h1-13,28H,14-15H2,(H,30,31)/b29-13-. The van der Waals surface area contributed by atoms with Gasteiger partial charge < -0.3 is 10.1 Å². The van der Waals surface area contributed by atoms with Crippen LogP contribution in [-0.2, 0) is 17.6 Å². The van der Waals surface area contributed by atoms with Gasteiger partial charge in [0.25, 0.3) is 5.91 Å². The summed E-state index contributed by atoms with van der Waals surface area (Å²) in [4.78, 5) is 11.9. The Kier molecular flexibility index (Phi) is 7.88. The molecule has 2 N–H and O–H groups in total. The molecule has 3 aromatic carbocycles. The van der Waals surface area contributed by atoms with E-state index in [0.717, 1.165) is 27.7 Å². The molecule has 0 aliphatic carbocycles. The minimum Gasteiger partial charge on any atom is -0.489 e. The number of nitrogens with zero attached hydrogens (tertiary/aromatic N) is 1. The fourth-order valence-corrected chi connectivity index (χ4v) is 2.87. The van der Waals surface area contributed by atoms with Crippen molar-refractivity contribution in [2.45, 2.75) is 12.8 Å². The van der Waals surface area contributed by atoms with Crippen molar-refractivity contribution in [2.75, 3.05) is 11.9 Å².